The molecule has 1 N–H and O–H groups in total. The Hall–Kier alpha value is -1.75. The van der Waals surface area contributed by atoms with Crippen LogP contribution in [0.2, 0.25) is 5.15 Å². The molecule has 6 heteroatoms. The lowest BCUT2D eigenvalue weighted by atomic mass is 10.3. The Labute approximate surface area is 108 Å². The average Bonchev–Trinajstić information content (AvgIpc) is 2.32. The largest absolute Gasteiger partial charge is 0.335 e. The minimum Gasteiger partial charge on any atom is -0.335 e. The molecule has 1 aromatic heterocycles. The maximum Gasteiger partial charge on any atom is 0.182 e. The van der Waals surface area contributed by atoms with Crippen LogP contribution in [0.1, 0.15) is 11.4 Å². The third kappa shape index (κ3) is 2.41. The summed E-state index contributed by atoms with van der Waals surface area (Å²) in [6, 6.07) is 3.82. The van der Waals surface area contributed by atoms with Gasteiger partial charge in [-0.25, -0.2) is 18.7 Å². The molecule has 94 valence electrons. The van der Waals surface area contributed by atoms with E-state index in [4.69, 9.17) is 11.6 Å². The van der Waals surface area contributed by atoms with Gasteiger partial charge >= 0.3 is 0 Å². The number of hydrogen-bond acceptors (Lipinski definition) is 3. The Balaban J connectivity index is 2.40. The highest BCUT2D eigenvalue weighted by Crippen LogP contribution is 2.25. The fourth-order valence-electron chi connectivity index (χ4n) is 1.38. The molecule has 0 saturated heterocycles. The smallest absolute Gasteiger partial charge is 0.182 e. The summed E-state index contributed by atoms with van der Waals surface area (Å²) in [5.74, 6) is -1.72. The van der Waals surface area contributed by atoms with Crippen molar-refractivity contribution >= 4 is 23.1 Å². The van der Waals surface area contributed by atoms with E-state index in [0.29, 0.717) is 11.4 Å². The Bertz CT molecular complexity index is 602. The molecule has 0 unspecified atom stereocenters. The van der Waals surface area contributed by atoms with Gasteiger partial charge in [0.2, 0.25) is 0 Å². The van der Waals surface area contributed by atoms with Gasteiger partial charge in [0.1, 0.15) is 0 Å². The maximum atomic E-state index is 13.5. The summed E-state index contributed by atoms with van der Waals surface area (Å²) < 4.78 is 26.5. The van der Waals surface area contributed by atoms with Crippen LogP contribution in [0.5, 0.6) is 0 Å². The third-order valence-electron chi connectivity index (χ3n) is 2.47. The predicted molar refractivity (Wildman–Crippen MR) is 66.2 cm³/mol. The number of halogens is 3. The number of nitrogens with one attached hydrogen (secondary N) is 1. The zero-order chi connectivity index (χ0) is 13.3. The molecular weight excluding hydrogens is 260 g/mol. The van der Waals surface area contributed by atoms with E-state index in [1.54, 1.807) is 13.8 Å². The van der Waals surface area contributed by atoms with Crippen LogP contribution in [0.4, 0.5) is 20.3 Å². The molecule has 0 amide bonds. The molecule has 2 aromatic rings. The van der Waals surface area contributed by atoms with Gasteiger partial charge in [-0.3, -0.25) is 0 Å². The van der Waals surface area contributed by atoms with Crippen molar-refractivity contribution in [2.24, 2.45) is 0 Å². The fraction of sp³-hybridized carbons (Fsp3) is 0.167. The standard InChI is InChI=1S/C12H10ClF2N3/c1-6-7(2)17-12(11(13)16-6)18-9-5-3-4-8(14)10(9)15/h3-5H,1-2H3,(H,17,18). The van der Waals surface area contributed by atoms with Crippen LogP contribution in [0.25, 0.3) is 0 Å². The van der Waals surface area contributed by atoms with Gasteiger partial charge in [-0.15, -0.1) is 0 Å². The van der Waals surface area contributed by atoms with Crippen LogP contribution < -0.4 is 5.32 Å². The minimum absolute atomic E-state index is 0.0329. The van der Waals surface area contributed by atoms with Crippen LogP contribution >= 0.6 is 11.6 Å². The molecule has 2 rings (SSSR count). The molecule has 0 aliphatic carbocycles. The van der Waals surface area contributed by atoms with Crippen LogP contribution in [0, 0.1) is 25.5 Å². The van der Waals surface area contributed by atoms with E-state index in [2.05, 4.69) is 15.3 Å². The summed E-state index contributed by atoms with van der Waals surface area (Å²) in [4.78, 5) is 8.19. The van der Waals surface area contributed by atoms with Gasteiger partial charge < -0.3 is 5.32 Å². The first-order valence-electron chi connectivity index (χ1n) is 5.21. The second-order valence-corrected chi connectivity index (χ2v) is 4.12. The highest BCUT2D eigenvalue weighted by atomic mass is 35.5. The second-order valence-electron chi connectivity index (χ2n) is 3.76. The molecular formula is C12H10ClF2N3. The van der Waals surface area contributed by atoms with E-state index in [9.17, 15) is 8.78 Å². The zero-order valence-electron chi connectivity index (χ0n) is 9.76. The predicted octanol–water partition coefficient (Wildman–Crippen LogP) is 3.77. The van der Waals surface area contributed by atoms with E-state index in [0.717, 1.165) is 6.07 Å². The lowest BCUT2D eigenvalue weighted by Crippen LogP contribution is -2.02. The quantitative estimate of drug-likeness (QED) is 0.902. The van der Waals surface area contributed by atoms with Crippen molar-refractivity contribution in [2.45, 2.75) is 13.8 Å². The number of aromatic nitrogens is 2. The van der Waals surface area contributed by atoms with E-state index in [1.807, 2.05) is 0 Å². The number of hydrogen-bond donors (Lipinski definition) is 1. The van der Waals surface area contributed by atoms with Crippen molar-refractivity contribution in [1.29, 1.82) is 0 Å². The molecule has 0 aliphatic rings. The highest BCUT2D eigenvalue weighted by Gasteiger charge is 2.12. The lowest BCUT2D eigenvalue weighted by molar-refractivity contribution is 0.511. The van der Waals surface area contributed by atoms with Gasteiger partial charge in [-0.1, -0.05) is 17.7 Å². The Morgan fingerprint density at radius 1 is 1.11 bits per heavy atom. The van der Waals surface area contributed by atoms with Crippen LogP contribution in [-0.2, 0) is 0 Å². The molecule has 1 aromatic carbocycles. The highest BCUT2D eigenvalue weighted by molar-refractivity contribution is 6.31. The SMILES string of the molecule is Cc1nc(Cl)c(Nc2cccc(F)c2F)nc1C. The summed E-state index contributed by atoms with van der Waals surface area (Å²) in [7, 11) is 0. The topological polar surface area (TPSA) is 37.8 Å². The van der Waals surface area contributed by atoms with E-state index in [-0.39, 0.29) is 16.7 Å². The second kappa shape index (κ2) is 4.86. The van der Waals surface area contributed by atoms with Gasteiger partial charge in [0, 0.05) is 0 Å². The summed E-state index contributed by atoms with van der Waals surface area (Å²) in [6.07, 6.45) is 0. The van der Waals surface area contributed by atoms with E-state index >= 15 is 0 Å². The summed E-state index contributed by atoms with van der Waals surface area (Å²) in [5.41, 5.74) is 1.32. The van der Waals surface area contributed by atoms with E-state index < -0.39 is 11.6 Å². The molecule has 0 bridgehead atoms. The molecule has 1 heterocycles. The van der Waals surface area contributed by atoms with Gasteiger partial charge in [0.15, 0.2) is 22.6 Å². The van der Waals surface area contributed by atoms with Gasteiger partial charge in [0.25, 0.3) is 0 Å². The molecule has 3 nitrogen and oxygen atoms in total. The van der Waals surface area contributed by atoms with E-state index in [1.165, 1.54) is 12.1 Å². The summed E-state index contributed by atoms with van der Waals surface area (Å²) >= 11 is 5.89. The van der Waals surface area contributed by atoms with Crippen molar-refractivity contribution < 1.29 is 8.78 Å². The normalized spacial score (nSPS) is 10.5. The Morgan fingerprint density at radius 3 is 2.50 bits per heavy atom. The number of benzene rings is 1. The maximum absolute atomic E-state index is 13.5. The van der Waals surface area contributed by atoms with Crippen LogP contribution in [0.3, 0.4) is 0 Å². The van der Waals surface area contributed by atoms with Crippen molar-refractivity contribution in [3.05, 3.63) is 46.4 Å². The lowest BCUT2D eigenvalue weighted by Gasteiger charge is -2.10. The van der Waals surface area contributed by atoms with Gasteiger partial charge in [-0.05, 0) is 26.0 Å². The van der Waals surface area contributed by atoms with Crippen molar-refractivity contribution in [2.75, 3.05) is 5.32 Å². The molecule has 0 radical (unpaired) electrons. The number of anilines is 2. The zero-order valence-corrected chi connectivity index (χ0v) is 10.5. The first kappa shape index (κ1) is 12.7. The molecule has 0 saturated carbocycles. The number of nitrogens with zero attached hydrogens (tertiary/aromatic N) is 2. The first-order valence-corrected chi connectivity index (χ1v) is 5.58. The molecule has 0 fully saturated rings. The molecule has 18 heavy (non-hydrogen) atoms. The van der Waals surface area contributed by atoms with Crippen molar-refractivity contribution in [3.8, 4) is 0 Å². The van der Waals surface area contributed by atoms with Gasteiger partial charge in [0.05, 0.1) is 17.1 Å². The fourth-order valence-corrected chi connectivity index (χ4v) is 1.60. The monoisotopic (exact) mass is 269 g/mol. The minimum atomic E-state index is -0.978. The van der Waals surface area contributed by atoms with Crippen molar-refractivity contribution in [1.82, 2.24) is 9.97 Å². The number of rotatable bonds is 2. The third-order valence-corrected chi connectivity index (χ3v) is 2.73. The van der Waals surface area contributed by atoms with Crippen LogP contribution in [-0.4, -0.2) is 9.97 Å². The summed E-state index contributed by atoms with van der Waals surface area (Å²) in [6.45, 7) is 3.52. The molecule has 0 spiro atoms. The van der Waals surface area contributed by atoms with Crippen molar-refractivity contribution in [3.63, 3.8) is 0 Å². The Kier molecular flexibility index (Phi) is 3.43. The first-order chi connectivity index (χ1) is 8.49. The average molecular weight is 270 g/mol. The number of aryl methyl sites for hydroxylation is 2. The molecule has 0 aliphatic heterocycles. The van der Waals surface area contributed by atoms with Crippen LogP contribution in [0.15, 0.2) is 18.2 Å². The van der Waals surface area contributed by atoms with Gasteiger partial charge in [-0.2, -0.15) is 0 Å². The molecule has 0 atom stereocenters. The Morgan fingerprint density at radius 2 is 1.78 bits per heavy atom. The summed E-state index contributed by atoms with van der Waals surface area (Å²) in [5, 5.41) is 2.74.